The molecule has 0 atom stereocenters. The summed E-state index contributed by atoms with van der Waals surface area (Å²) in [6.07, 6.45) is 0. The van der Waals surface area contributed by atoms with E-state index in [9.17, 15) is 0 Å². The molecule has 3 rings (SSSR count). The van der Waals surface area contributed by atoms with Crippen LogP contribution in [0, 0.1) is 0 Å². The van der Waals surface area contributed by atoms with Crippen LogP contribution in [-0.4, -0.2) is 23.5 Å². The van der Waals surface area contributed by atoms with Crippen molar-refractivity contribution in [3.05, 3.63) is 24.3 Å². The fraction of sp³-hybridized carbons (Fsp3) is 0.462. The Morgan fingerprint density at radius 1 is 1.00 bits per heavy atom. The van der Waals surface area contributed by atoms with Gasteiger partial charge in [-0.3, -0.25) is 0 Å². The number of hydrogen-bond acceptors (Lipinski definition) is 4. The molecule has 0 N–H and O–H groups in total. The smallest absolute Gasteiger partial charge is 0.397 e. The Hall–Kier alpha value is -1.33. The topological polar surface area (TPSA) is 44.5 Å². The average Bonchev–Trinajstić information content (AvgIpc) is 2.78. The molecule has 1 aliphatic heterocycles. The van der Waals surface area contributed by atoms with Crippen molar-refractivity contribution in [1.29, 1.82) is 0 Å². The van der Waals surface area contributed by atoms with Crippen molar-refractivity contribution in [3.63, 3.8) is 0 Å². The van der Waals surface area contributed by atoms with E-state index in [2.05, 4.69) is 5.16 Å². The third kappa shape index (κ3) is 1.58. The SMILES string of the molecule is CC1(C)OB(c2onc3ccccc23)OC1(C)C. The van der Waals surface area contributed by atoms with Crippen LogP contribution in [0.3, 0.4) is 0 Å². The lowest BCUT2D eigenvalue weighted by molar-refractivity contribution is 0.00578. The van der Waals surface area contributed by atoms with Crippen LogP contribution in [0.1, 0.15) is 27.7 Å². The molecule has 0 amide bonds. The zero-order valence-electron chi connectivity index (χ0n) is 11.1. The Kier molecular flexibility index (Phi) is 2.34. The van der Waals surface area contributed by atoms with Crippen molar-refractivity contribution in [2.45, 2.75) is 38.9 Å². The van der Waals surface area contributed by atoms with Crippen molar-refractivity contribution < 1.29 is 13.8 Å². The molecule has 2 heterocycles. The van der Waals surface area contributed by atoms with E-state index in [1.807, 2.05) is 52.0 Å². The first-order valence-electron chi connectivity index (χ1n) is 6.11. The number of rotatable bonds is 1. The van der Waals surface area contributed by atoms with Crippen molar-refractivity contribution in [1.82, 2.24) is 5.16 Å². The summed E-state index contributed by atoms with van der Waals surface area (Å²) in [7, 11) is -0.498. The maximum absolute atomic E-state index is 5.96. The molecule has 5 heteroatoms. The predicted octanol–water partition coefficient (Wildman–Crippen LogP) is 2.13. The van der Waals surface area contributed by atoms with Gasteiger partial charge in [-0.15, -0.1) is 0 Å². The molecular formula is C13H16BNO3. The molecule has 1 aliphatic rings. The van der Waals surface area contributed by atoms with Gasteiger partial charge < -0.3 is 13.8 Å². The van der Waals surface area contributed by atoms with Gasteiger partial charge in [-0.05, 0) is 39.8 Å². The maximum atomic E-state index is 5.96. The van der Waals surface area contributed by atoms with Crippen LogP contribution in [0.5, 0.6) is 0 Å². The molecule has 0 spiro atoms. The van der Waals surface area contributed by atoms with Crippen molar-refractivity contribution in [3.8, 4) is 0 Å². The number of nitrogens with zero attached hydrogens (tertiary/aromatic N) is 1. The van der Waals surface area contributed by atoms with Crippen LogP contribution >= 0.6 is 0 Å². The van der Waals surface area contributed by atoms with Crippen LogP contribution in [-0.2, 0) is 9.31 Å². The fourth-order valence-corrected chi connectivity index (χ4v) is 2.03. The summed E-state index contributed by atoms with van der Waals surface area (Å²) in [6, 6.07) is 7.76. The van der Waals surface area contributed by atoms with E-state index in [0.717, 1.165) is 10.9 Å². The zero-order valence-corrected chi connectivity index (χ0v) is 11.1. The van der Waals surface area contributed by atoms with Gasteiger partial charge in [-0.25, -0.2) is 0 Å². The largest absolute Gasteiger partial charge is 0.536 e. The lowest BCUT2D eigenvalue weighted by atomic mass is 9.84. The molecule has 2 aromatic rings. The van der Waals surface area contributed by atoms with Crippen LogP contribution in [0.15, 0.2) is 28.8 Å². The molecule has 18 heavy (non-hydrogen) atoms. The quantitative estimate of drug-likeness (QED) is 0.722. The zero-order chi connectivity index (χ0) is 13.0. The van der Waals surface area contributed by atoms with E-state index in [0.29, 0.717) is 5.66 Å². The fourth-order valence-electron chi connectivity index (χ4n) is 2.03. The van der Waals surface area contributed by atoms with E-state index >= 15 is 0 Å². The van der Waals surface area contributed by atoms with Gasteiger partial charge in [0.05, 0.1) is 11.2 Å². The second kappa shape index (κ2) is 3.59. The molecule has 0 bridgehead atoms. The Labute approximate surface area is 106 Å². The molecule has 0 radical (unpaired) electrons. The van der Waals surface area contributed by atoms with E-state index in [1.54, 1.807) is 0 Å². The summed E-state index contributed by atoms with van der Waals surface area (Å²) < 4.78 is 17.3. The first-order valence-corrected chi connectivity index (χ1v) is 6.11. The van der Waals surface area contributed by atoms with Crippen LogP contribution in [0.25, 0.3) is 10.9 Å². The highest BCUT2D eigenvalue weighted by molar-refractivity contribution is 6.63. The molecular weight excluding hydrogens is 229 g/mol. The minimum atomic E-state index is -0.498. The first-order chi connectivity index (χ1) is 8.41. The van der Waals surface area contributed by atoms with Gasteiger partial charge in [0.25, 0.3) is 0 Å². The number of benzene rings is 1. The molecule has 1 saturated heterocycles. The monoisotopic (exact) mass is 245 g/mol. The van der Waals surface area contributed by atoms with Crippen LogP contribution in [0.2, 0.25) is 0 Å². The van der Waals surface area contributed by atoms with Gasteiger partial charge in [-0.2, -0.15) is 0 Å². The molecule has 94 valence electrons. The molecule has 1 aromatic heterocycles. The summed E-state index contributed by atoms with van der Waals surface area (Å²) in [6.45, 7) is 8.08. The second-order valence-electron chi connectivity index (χ2n) is 5.65. The first kappa shape index (κ1) is 11.7. The number of fused-ring (bicyclic) bond motifs is 1. The normalized spacial score (nSPS) is 21.7. The Balaban J connectivity index is 2.03. The summed E-state index contributed by atoms with van der Waals surface area (Å²) in [5.41, 5.74) is 0.725. The summed E-state index contributed by atoms with van der Waals surface area (Å²) in [5.74, 6) is 0. The van der Waals surface area contributed by atoms with Gasteiger partial charge >= 0.3 is 7.12 Å². The molecule has 0 unspecified atom stereocenters. The lowest BCUT2D eigenvalue weighted by Gasteiger charge is -2.32. The molecule has 1 aromatic carbocycles. The number of aromatic nitrogens is 1. The summed E-state index contributed by atoms with van der Waals surface area (Å²) >= 11 is 0. The standard InChI is InChI=1S/C13H16BNO3/c1-12(2)13(3,4)18-14(17-12)11-9-7-5-6-8-10(9)15-16-11/h5-8H,1-4H3. The van der Waals surface area contributed by atoms with Crippen molar-refractivity contribution in [2.75, 3.05) is 0 Å². The molecule has 0 aliphatic carbocycles. The highest BCUT2D eigenvalue weighted by Crippen LogP contribution is 2.36. The van der Waals surface area contributed by atoms with E-state index in [-0.39, 0.29) is 11.2 Å². The van der Waals surface area contributed by atoms with E-state index in [1.165, 1.54) is 0 Å². The third-order valence-electron chi connectivity index (χ3n) is 3.88. The number of hydrogen-bond donors (Lipinski definition) is 0. The van der Waals surface area contributed by atoms with E-state index < -0.39 is 7.12 Å². The maximum Gasteiger partial charge on any atom is 0.536 e. The average molecular weight is 245 g/mol. The van der Waals surface area contributed by atoms with Gasteiger partial charge in [0.15, 0.2) is 5.66 Å². The van der Waals surface area contributed by atoms with Gasteiger partial charge in [-0.1, -0.05) is 17.3 Å². The van der Waals surface area contributed by atoms with Gasteiger partial charge in [0.2, 0.25) is 0 Å². The van der Waals surface area contributed by atoms with Gasteiger partial charge in [0, 0.05) is 5.39 Å². The van der Waals surface area contributed by atoms with Crippen molar-refractivity contribution in [2.24, 2.45) is 0 Å². The van der Waals surface area contributed by atoms with E-state index in [4.69, 9.17) is 13.8 Å². The molecule has 4 nitrogen and oxygen atoms in total. The molecule has 0 saturated carbocycles. The van der Waals surface area contributed by atoms with Crippen LogP contribution < -0.4 is 5.66 Å². The third-order valence-corrected chi connectivity index (χ3v) is 3.88. The lowest BCUT2D eigenvalue weighted by Crippen LogP contribution is -2.41. The minimum Gasteiger partial charge on any atom is -0.397 e. The highest BCUT2D eigenvalue weighted by atomic mass is 16.7. The predicted molar refractivity (Wildman–Crippen MR) is 69.7 cm³/mol. The molecule has 1 fully saturated rings. The summed E-state index contributed by atoms with van der Waals surface area (Å²) in [4.78, 5) is 0. The Morgan fingerprint density at radius 2 is 1.61 bits per heavy atom. The summed E-state index contributed by atoms with van der Waals surface area (Å²) in [5, 5.41) is 4.96. The van der Waals surface area contributed by atoms with Gasteiger partial charge in [0.1, 0.15) is 5.52 Å². The minimum absolute atomic E-state index is 0.369. The van der Waals surface area contributed by atoms with Crippen molar-refractivity contribution >= 4 is 23.7 Å². The van der Waals surface area contributed by atoms with Crippen LogP contribution in [0.4, 0.5) is 0 Å². The highest BCUT2D eigenvalue weighted by Gasteiger charge is 2.53. The second-order valence-corrected chi connectivity index (χ2v) is 5.65. The Morgan fingerprint density at radius 3 is 2.28 bits per heavy atom. The Bertz CT molecular complexity index is 575.